The molecule has 0 spiro atoms. The first-order valence-corrected chi connectivity index (χ1v) is 9.70. The van der Waals surface area contributed by atoms with E-state index in [9.17, 15) is 9.59 Å². The van der Waals surface area contributed by atoms with Crippen molar-refractivity contribution in [3.63, 3.8) is 0 Å². The lowest BCUT2D eigenvalue weighted by Crippen LogP contribution is -2.33. The van der Waals surface area contributed by atoms with Crippen LogP contribution < -0.4 is 21.9 Å². The van der Waals surface area contributed by atoms with Gasteiger partial charge >= 0.3 is 0 Å². The molecule has 1 saturated carbocycles. The average Bonchev–Trinajstić information content (AvgIpc) is 3.42. The van der Waals surface area contributed by atoms with Crippen LogP contribution in [0, 0.1) is 12.3 Å². The van der Waals surface area contributed by atoms with Gasteiger partial charge in [-0.2, -0.15) is 0 Å². The fourth-order valence-electron chi connectivity index (χ4n) is 3.79. The van der Waals surface area contributed by atoms with Gasteiger partial charge in [-0.15, -0.1) is 0 Å². The van der Waals surface area contributed by atoms with Crippen molar-refractivity contribution in [2.45, 2.75) is 52.5 Å². The highest BCUT2D eigenvalue weighted by Gasteiger charge is 2.41. The van der Waals surface area contributed by atoms with Gasteiger partial charge in [0.15, 0.2) is 0 Å². The van der Waals surface area contributed by atoms with Crippen LogP contribution >= 0.6 is 0 Å². The maximum atomic E-state index is 13.2. The fraction of sp³-hybridized carbons (Fsp3) is 0.500. The lowest BCUT2D eigenvalue weighted by molar-refractivity contribution is 0.0951. The number of nitrogens with two attached hydrogens (primary N) is 1. The molecular formula is C20H28N6O2. The monoisotopic (exact) mass is 384 g/mol. The summed E-state index contributed by atoms with van der Waals surface area (Å²) < 4.78 is 1.59. The van der Waals surface area contributed by atoms with E-state index in [1.807, 2.05) is 6.92 Å². The molecule has 0 saturated heterocycles. The standard InChI is InChI=1S/C20H28N6O2/c1-4-5-20(6-7-20)8-9-26-17(18(27)22-3)13(2)10-14(19(26)28)25-16-11-15(21)23-12-24-16/h10-12H,4-9H2,1-3H3,(H,22,27)(H3,21,23,24,25). The van der Waals surface area contributed by atoms with Crippen molar-refractivity contribution in [2.75, 3.05) is 18.1 Å². The molecule has 0 unspecified atom stereocenters. The summed E-state index contributed by atoms with van der Waals surface area (Å²) in [5.74, 6) is 0.493. The van der Waals surface area contributed by atoms with Crippen LogP contribution in [0.4, 0.5) is 17.3 Å². The second kappa shape index (κ2) is 8.00. The number of nitrogens with one attached hydrogen (secondary N) is 2. The molecule has 1 aliphatic rings. The molecule has 28 heavy (non-hydrogen) atoms. The number of aryl methyl sites for hydroxylation is 1. The second-order valence-electron chi connectivity index (χ2n) is 7.58. The van der Waals surface area contributed by atoms with E-state index in [1.54, 1.807) is 23.7 Å². The van der Waals surface area contributed by atoms with E-state index in [4.69, 9.17) is 5.73 Å². The van der Waals surface area contributed by atoms with E-state index < -0.39 is 0 Å². The first kappa shape index (κ1) is 19.9. The number of aromatic nitrogens is 3. The molecule has 150 valence electrons. The van der Waals surface area contributed by atoms with Gasteiger partial charge < -0.3 is 20.9 Å². The quantitative estimate of drug-likeness (QED) is 0.644. The Hall–Kier alpha value is -2.90. The van der Waals surface area contributed by atoms with Gasteiger partial charge in [-0.25, -0.2) is 9.97 Å². The summed E-state index contributed by atoms with van der Waals surface area (Å²) in [5.41, 5.74) is 7.28. The van der Waals surface area contributed by atoms with Gasteiger partial charge in [-0.1, -0.05) is 13.3 Å². The fourth-order valence-corrected chi connectivity index (χ4v) is 3.79. The average molecular weight is 384 g/mol. The number of rotatable bonds is 8. The lowest BCUT2D eigenvalue weighted by atomic mass is 9.96. The minimum Gasteiger partial charge on any atom is -0.384 e. The second-order valence-corrected chi connectivity index (χ2v) is 7.58. The first-order valence-electron chi connectivity index (χ1n) is 9.70. The molecule has 0 aliphatic heterocycles. The maximum absolute atomic E-state index is 13.2. The van der Waals surface area contributed by atoms with Crippen molar-refractivity contribution in [1.29, 1.82) is 0 Å². The van der Waals surface area contributed by atoms with Crippen LogP contribution in [0.5, 0.6) is 0 Å². The number of hydrogen-bond donors (Lipinski definition) is 3. The number of amides is 1. The largest absolute Gasteiger partial charge is 0.384 e. The molecule has 1 aliphatic carbocycles. The summed E-state index contributed by atoms with van der Waals surface area (Å²) in [6.07, 6.45) is 6.92. The van der Waals surface area contributed by atoms with Crippen LogP contribution in [-0.2, 0) is 6.54 Å². The zero-order valence-corrected chi connectivity index (χ0v) is 16.7. The van der Waals surface area contributed by atoms with Crippen LogP contribution in [0.1, 0.15) is 55.1 Å². The van der Waals surface area contributed by atoms with Gasteiger partial charge in [-0.05, 0) is 49.7 Å². The van der Waals surface area contributed by atoms with E-state index in [1.165, 1.54) is 19.2 Å². The molecular weight excluding hydrogens is 356 g/mol. The topological polar surface area (TPSA) is 115 Å². The summed E-state index contributed by atoms with van der Waals surface area (Å²) in [4.78, 5) is 33.6. The molecule has 2 heterocycles. The Morgan fingerprint density at radius 2 is 2.04 bits per heavy atom. The Morgan fingerprint density at radius 1 is 1.29 bits per heavy atom. The predicted octanol–water partition coefficient (Wildman–Crippen LogP) is 2.60. The highest BCUT2D eigenvalue weighted by atomic mass is 16.2. The Labute approximate surface area is 164 Å². The van der Waals surface area contributed by atoms with E-state index in [0.717, 1.165) is 24.8 Å². The molecule has 3 rings (SSSR count). The number of carbonyl (C=O) groups is 1. The number of nitrogens with zero attached hydrogens (tertiary/aromatic N) is 3. The Balaban J connectivity index is 1.97. The first-order chi connectivity index (χ1) is 13.4. The van der Waals surface area contributed by atoms with Gasteiger partial charge in [0, 0.05) is 19.7 Å². The molecule has 8 nitrogen and oxygen atoms in total. The number of hydrogen-bond acceptors (Lipinski definition) is 6. The summed E-state index contributed by atoms with van der Waals surface area (Å²) in [6.45, 7) is 4.53. The molecule has 0 aromatic carbocycles. The minimum absolute atomic E-state index is 0.242. The van der Waals surface area contributed by atoms with Crippen molar-refractivity contribution < 1.29 is 4.79 Å². The van der Waals surface area contributed by atoms with Gasteiger partial charge in [-0.3, -0.25) is 9.59 Å². The van der Waals surface area contributed by atoms with Crippen molar-refractivity contribution in [3.05, 3.63) is 40.1 Å². The van der Waals surface area contributed by atoms with Gasteiger partial charge in [0.2, 0.25) is 0 Å². The number of carbonyl (C=O) groups excluding carboxylic acids is 1. The van der Waals surface area contributed by atoms with Crippen LogP contribution in [-0.4, -0.2) is 27.5 Å². The Morgan fingerprint density at radius 3 is 2.64 bits per heavy atom. The van der Waals surface area contributed by atoms with Crippen molar-refractivity contribution in [2.24, 2.45) is 5.41 Å². The third kappa shape index (κ3) is 4.16. The zero-order valence-electron chi connectivity index (χ0n) is 16.7. The van der Waals surface area contributed by atoms with Crippen LogP contribution in [0.25, 0.3) is 0 Å². The number of pyridine rings is 1. The maximum Gasteiger partial charge on any atom is 0.274 e. The molecule has 1 fully saturated rings. The molecule has 4 N–H and O–H groups in total. The zero-order chi connectivity index (χ0) is 20.3. The van der Waals surface area contributed by atoms with Crippen molar-refractivity contribution >= 4 is 23.2 Å². The van der Waals surface area contributed by atoms with Crippen LogP contribution in [0.15, 0.2) is 23.3 Å². The summed E-state index contributed by atoms with van der Waals surface area (Å²) in [6, 6.07) is 3.24. The van der Waals surface area contributed by atoms with E-state index in [2.05, 4.69) is 27.5 Å². The molecule has 2 aromatic rings. The van der Waals surface area contributed by atoms with Gasteiger partial charge in [0.25, 0.3) is 11.5 Å². The molecule has 2 aromatic heterocycles. The molecule has 0 atom stereocenters. The molecule has 8 heteroatoms. The third-order valence-electron chi connectivity index (χ3n) is 5.48. The van der Waals surface area contributed by atoms with E-state index in [-0.39, 0.29) is 11.5 Å². The summed E-state index contributed by atoms with van der Waals surface area (Å²) in [7, 11) is 1.58. The predicted molar refractivity (Wildman–Crippen MR) is 110 cm³/mol. The molecule has 0 bridgehead atoms. The highest BCUT2D eigenvalue weighted by molar-refractivity contribution is 5.94. The summed E-state index contributed by atoms with van der Waals surface area (Å²) >= 11 is 0. The highest BCUT2D eigenvalue weighted by Crippen LogP contribution is 2.52. The van der Waals surface area contributed by atoms with E-state index in [0.29, 0.717) is 35.0 Å². The van der Waals surface area contributed by atoms with Crippen LogP contribution in [0.3, 0.4) is 0 Å². The Kier molecular flexibility index (Phi) is 5.67. The third-order valence-corrected chi connectivity index (χ3v) is 5.48. The normalized spacial score (nSPS) is 14.5. The van der Waals surface area contributed by atoms with E-state index >= 15 is 0 Å². The van der Waals surface area contributed by atoms with Gasteiger partial charge in [0.1, 0.15) is 29.3 Å². The SMILES string of the molecule is CCCC1(CCn2c(C(=O)NC)c(C)cc(Nc3cc(N)ncn3)c2=O)CC1. The lowest BCUT2D eigenvalue weighted by Gasteiger charge is -2.20. The molecule has 0 radical (unpaired) electrons. The summed E-state index contributed by atoms with van der Waals surface area (Å²) in [5, 5.41) is 5.67. The van der Waals surface area contributed by atoms with Crippen LogP contribution in [0.2, 0.25) is 0 Å². The van der Waals surface area contributed by atoms with Crippen molar-refractivity contribution in [3.8, 4) is 0 Å². The van der Waals surface area contributed by atoms with Gasteiger partial charge in [0.05, 0.1) is 0 Å². The minimum atomic E-state index is -0.257. The van der Waals surface area contributed by atoms with Crippen molar-refractivity contribution in [1.82, 2.24) is 19.9 Å². The Bertz CT molecular complexity index is 933. The smallest absolute Gasteiger partial charge is 0.274 e. The molecule has 1 amide bonds. The number of nitrogen functional groups attached to an aromatic ring is 1. The number of anilines is 3.